The third-order valence-corrected chi connectivity index (χ3v) is 9.00. The first-order valence-electron chi connectivity index (χ1n) is 16.4. The summed E-state index contributed by atoms with van der Waals surface area (Å²) in [5, 5.41) is 35.2. The van der Waals surface area contributed by atoms with E-state index < -0.39 is 35.6 Å². The molecule has 11 nitrogen and oxygen atoms in total. The highest BCUT2D eigenvalue weighted by Gasteiger charge is 2.27. The third kappa shape index (κ3) is 9.57. The Hall–Kier alpha value is -4.90. The molecule has 0 saturated carbocycles. The highest BCUT2D eigenvalue weighted by atomic mass is 16.4. The number of benzene rings is 4. The summed E-state index contributed by atoms with van der Waals surface area (Å²) in [5.74, 6) is -4.92. The number of carbonyl (C=O) groups excluding carboxylic acids is 3. The normalized spacial score (nSPS) is 13.4. The van der Waals surface area contributed by atoms with Crippen LogP contribution in [0.4, 0.5) is 0 Å². The summed E-state index contributed by atoms with van der Waals surface area (Å²) in [4.78, 5) is 61.5. The van der Waals surface area contributed by atoms with E-state index in [4.69, 9.17) is 22.0 Å². The lowest BCUT2D eigenvalue weighted by atomic mass is 9.86. The van der Waals surface area contributed by atoms with Crippen LogP contribution in [-0.4, -0.2) is 58.0 Å². The van der Waals surface area contributed by atoms with Gasteiger partial charge in [0.15, 0.2) is 0 Å². The van der Waals surface area contributed by atoms with Crippen LogP contribution < -0.4 is 16.8 Å². The fraction of sp³-hybridized carbons (Fsp3) is 0.405. The van der Waals surface area contributed by atoms with Crippen LogP contribution in [0.3, 0.4) is 0 Å². The van der Waals surface area contributed by atoms with Gasteiger partial charge in [-0.05, 0) is 70.0 Å². The number of hydrogen-bond acceptors (Lipinski definition) is 7. The fourth-order valence-corrected chi connectivity index (χ4v) is 6.37. The van der Waals surface area contributed by atoms with Gasteiger partial charge >= 0.3 is 11.9 Å². The van der Waals surface area contributed by atoms with E-state index in [1.54, 1.807) is 0 Å². The van der Waals surface area contributed by atoms with Gasteiger partial charge in [0.05, 0.1) is 24.2 Å². The Labute approximate surface area is 278 Å². The highest BCUT2D eigenvalue weighted by molar-refractivity contribution is 6.23. The second kappa shape index (κ2) is 16.8. The van der Waals surface area contributed by atoms with Gasteiger partial charge in [0.2, 0.25) is 5.91 Å². The Morgan fingerprint density at radius 1 is 0.750 bits per heavy atom. The van der Waals surface area contributed by atoms with Crippen LogP contribution in [0.1, 0.15) is 69.8 Å². The number of Topliss-reactive ketones (excluding diaryl/α,β-unsaturated/α-hetero) is 2. The number of aliphatic carboxylic acids is 2. The summed E-state index contributed by atoms with van der Waals surface area (Å²) < 4.78 is 0. The Balaban J connectivity index is 1.48. The maximum absolute atomic E-state index is 13.6. The fourth-order valence-electron chi connectivity index (χ4n) is 6.37. The van der Waals surface area contributed by atoms with Crippen molar-refractivity contribution in [2.24, 2.45) is 23.3 Å². The molecule has 11 heteroatoms. The van der Waals surface area contributed by atoms with Gasteiger partial charge in [-0.25, -0.2) is 0 Å². The molecule has 0 aromatic heterocycles. The van der Waals surface area contributed by atoms with Crippen molar-refractivity contribution in [3.05, 3.63) is 60.2 Å². The van der Waals surface area contributed by atoms with Crippen molar-refractivity contribution >= 4 is 67.6 Å². The van der Waals surface area contributed by atoms with Gasteiger partial charge in [0.25, 0.3) is 0 Å². The summed E-state index contributed by atoms with van der Waals surface area (Å²) in [6.45, 7) is 0.145. The Morgan fingerprint density at radius 3 is 2.08 bits per heavy atom. The monoisotopic (exact) mass is 656 g/mol. The molecule has 4 aromatic rings. The SMILES string of the molecule is N=C(N)CCCC[C@H](N)C(=O)C[C@H](Cc1ccc2ccc3cccc4ccc1c2c34)C(=O)NCCC[C@@H](CC(=O)CCC(=O)O)C(=O)O. The van der Waals surface area contributed by atoms with E-state index in [9.17, 15) is 29.1 Å². The van der Waals surface area contributed by atoms with Gasteiger partial charge < -0.3 is 27.0 Å². The minimum absolute atomic E-state index is 0.0719. The quantitative estimate of drug-likeness (QED) is 0.0309. The van der Waals surface area contributed by atoms with Crippen LogP contribution in [0, 0.1) is 17.2 Å². The van der Waals surface area contributed by atoms with Gasteiger partial charge in [-0.1, -0.05) is 61.0 Å². The molecule has 8 N–H and O–H groups in total. The first kappa shape index (κ1) is 35.9. The minimum Gasteiger partial charge on any atom is -0.481 e. The van der Waals surface area contributed by atoms with Gasteiger partial charge in [-0.15, -0.1) is 0 Å². The van der Waals surface area contributed by atoms with E-state index in [2.05, 4.69) is 41.7 Å². The molecule has 0 aliphatic rings. The predicted octanol–water partition coefficient (Wildman–Crippen LogP) is 4.95. The molecule has 0 aliphatic heterocycles. The molecule has 0 spiro atoms. The molecule has 0 aliphatic carbocycles. The maximum Gasteiger partial charge on any atom is 0.306 e. The molecule has 4 rings (SSSR count). The van der Waals surface area contributed by atoms with Crippen molar-refractivity contribution < 1.29 is 34.2 Å². The smallest absolute Gasteiger partial charge is 0.306 e. The largest absolute Gasteiger partial charge is 0.481 e. The van der Waals surface area contributed by atoms with Crippen LogP contribution in [0.2, 0.25) is 0 Å². The average Bonchev–Trinajstić information content (AvgIpc) is 3.05. The number of carbonyl (C=O) groups is 5. The van der Waals surface area contributed by atoms with Gasteiger partial charge in [0, 0.05) is 38.1 Å². The number of unbranched alkanes of at least 4 members (excludes halogenated alkanes) is 1. The lowest BCUT2D eigenvalue weighted by molar-refractivity contribution is -0.144. The molecule has 48 heavy (non-hydrogen) atoms. The van der Waals surface area contributed by atoms with Crippen LogP contribution >= 0.6 is 0 Å². The highest BCUT2D eigenvalue weighted by Crippen LogP contribution is 2.36. The summed E-state index contributed by atoms with van der Waals surface area (Å²) in [7, 11) is 0. The number of carboxylic acids is 2. The van der Waals surface area contributed by atoms with Crippen molar-refractivity contribution in [1.82, 2.24) is 5.32 Å². The van der Waals surface area contributed by atoms with Crippen molar-refractivity contribution in [1.29, 1.82) is 5.41 Å². The van der Waals surface area contributed by atoms with Crippen molar-refractivity contribution in [2.45, 2.75) is 76.7 Å². The number of ketones is 2. The lowest BCUT2D eigenvalue weighted by Gasteiger charge is -2.21. The molecular weight excluding hydrogens is 612 g/mol. The molecule has 0 fully saturated rings. The number of nitrogens with two attached hydrogens (primary N) is 2. The van der Waals surface area contributed by atoms with E-state index in [1.165, 1.54) is 0 Å². The van der Waals surface area contributed by atoms with Crippen molar-refractivity contribution in [2.75, 3.05) is 6.54 Å². The van der Waals surface area contributed by atoms with Gasteiger partial charge in [0.1, 0.15) is 11.6 Å². The van der Waals surface area contributed by atoms with Crippen molar-refractivity contribution in [3.8, 4) is 0 Å². The number of hydrogen-bond donors (Lipinski definition) is 6. The van der Waals surface area contributed by atoms with E-state index in [0.29, 0.717) is 32.1 Å². The maximum atomic E-state index is 13.6. The zero-order valence-corrected chi connectivity index (χ0v) is 27.0. The third-order valence-electron chi connectivity index (χ3n) is 9.00. The zero-order chi connectivity index (χ0) is 34.8. The van der Waals surface area contributed by atoms with Crippen molar-refractivity contribution in [3.63, 3.8) is 0 Å². The molecule has 0 radical (unpaired) electrons. The zero-order valence-electron chi connectivity index (χ0n) is 27.0. The van der Waals surface area contributed by atoms with Crippen LogP contribution in [0.5, 0.6) is 0 Å². The Bertz CT molecular complexity index is 1790. The van der Waals surface area contributed by atoms with Gasteiger partial charge in [-0.2, -0.15) is 0 Å². The Morgan fingerprint density at radius 2 is 1.42 bits per heavy atom. The van der Waals surface area contributed by atoms with Crippen LogP contribution in [0.15, 0.2) is 54.6 Å². The average molecular weight is 657 g/mol. The summed E-state index contributed by atoms with van der Waals surface area (Å²) >= 11 is 0. The molecule has 1 amide bonds. The number of rotatable bonds is 21. The topological polar surface area (TPSA) is 214 Å². The summed E-state index contributed by atoms with van der Waals surface area (Å²) in [6, 6.07) is 17.7. The first-order valence-corrected chi connectivity index (χ1v) is 16.4. The van der Waals surface area contributed by atoms with Gasteiger partial charge in [-0.3, -0.25) is 29.4 Å². The van der Waals surface area contributed by atoms with Crippen LogP contribution in [0.25, 0.3) is 32.3 Å². The second-order valence-electron chi connectivity index (χ2n) is 12.6. The molecule has 254 valence electrons. The predicted molar refractivity (Wildman–Crippen MR) is 185 cm³/mol. The van der Waals surface area contributed by atoms with E-state index in [-0.39, 0.29) is 62.6 Å². The standard InChI is InChI=1S/C37H44N4O7/c38-30(8-1-2-9-32(39)40)31(43)21-27(36(46)41-18-4-7-26(37(47)48)20-28(42)15-17-33(44)45)19-25-13-12-24-11-10-22-5-3-6-23-14-16-29(25)35(24)34(22)23/h3,5-6,10-14,16,26-27,30H,1-2,4,7-9,15,17-21,38H2,(H3,39,40)(H,41,46)(H,44,45)(H,47,48)/t26-,27-,30-/m0/s1. The minimum atomic E-state index is -1.15. The molecule has 0 saturated heterocycles. The summed E-state index contributed by atoms with van der Waals surface area (Å²) in [5.41, 5.74) is 12.6. The molecule has 4 aromatic carbocycles. The van der Waals surface area contributed by atoms with E-state index in [1.807, 2.05) is 18.2 Å². The number of carboxylic acid groups (broad SMARTS) is 2. The molecule has 0 unspecified atom stereocenters. The number of amides is 1. The Kier molecular flexibility index (Phi) is 12.6. The van der Waals surface area contributed by atoms with E-state index in [0.717, 1.165) is 37.9 Å². The molecule has 0 heterocycles. The second-order valence-corrected chi connectivity index (χ2v) is 12.6. The molecule has 3 atom stereocenters. The van der Waals surface area contributed by atoms with Crippen LogP contribution in [-0.2, 0) is 30.4 Å². The lowest BCUT2D eigenvalue weighted by Crippen LogP contribution is -2.38. The number of amidine groups is 1. The first-order chi connectivity index (χ1) is 22.9. The summed E-state index contributed by atoms with van der Waals surface area (Å²) in [6.07, 6.45) is 1.89. The van der Waals surface area contributed by atoms with E-state index >= 15 is 0 Å². The molecule has 0 bridgehead atoms. The molecular formula is C37H44N4O7. The number of nitrogens with one attached hydrogen (secondary N) is 2.